The maximum Gasteiger partial charge on any atom is 0.270 e. The summed E-state index contributed by atoms with van der Waals surface area (Å²) in [6.45, 7) is 0.408. The summed E-state index contributed by atoms with van der Waals surface area (Å²) in [5, 5.41) is 10.4. The smallest absolute Gasteiger partial charge is 0.270 e. The van der Waals surface area contributed by atoms with Gasteiger partial charge in [-0.25, -0.2) is 4.39 Å². The van der Waals surface area contributed by atoms with Crippen LogP contribution in [0.2, 0.25) is 0 Å². The van der Waals surface area contributed by atoms with E-state index in [1.54, 1.807) is 0 Å². The van der Waals surface area contributed by atoms with Crippen LogP contribution in [-0.2, 0) is 0 Å². The Balaban J connectivity index is 1.67. The number of hydrogen-bond acceptors (Lipinski definition) is 5. The minimum atomic E-state index is -0.933. The Bertz CT molecular complexity index is 853. The molecule has 26 heavy (non-hydrogen) atoms. The summed E-state index contributed by atoms with van der Waals surface area (Å²) in [7, 11) is 1.40. The van der Waals surface area contributed by atoms with Gasteiger partial charge in [0.15, 0.2) is 11.5 Å². The highest BCUT2D eigenvalue weighted by atomic mass is 19.1. The van der Waals surface area contributed by atoms with Crippen LogP contribution in [0.15, 0.2) is 41.2 Å². The number of amides is 1. The number of halogens is 1. The number of pyridine rings is 1. The van der Waals surface area contributed by atoms with Gasteiger partial charge >= 0.3 is 0 Å². The second-order valence-corrected chi connectivity index (χ2v) is 5.99. The maximum absolute atomic E-state index is 13.3. The van der Waals surface area contributed by atoms with E-state index in [0.29, 0.717) is 18.7 Å². The van der Waals surface area contributed by atoms with E-state index in [0.717, 1.165) is 0 Å². The number of H-pyrrole nitrogens is 1. The summed E-state index contributed by atoms with van der Waals surface area (Å²) < 4.78 is 24.1. The number of likely N-dealkylation sites (tertiary alicyclic amines) is 1. The topological polar surface area (TPSA) is 91.9 Å². The van der Waals surface area contributed by atoms with E-state index in [4.69, 9.17) is 9.47 Å². The number of aromatic nitrogens is 1. The van der Waals surface area contributed by atoms with Crippen LogP contribution in [0.5, 0.6) is 11.5 Å². The zero-order valence-electron chi connectivity index (χ0n) is 14.1. The van der Waals surface area contributed by atoms with Crippen molar-refractivity contribution in [1.82, 2.24) is 9.88 Å². The van der Waals surface area contributed by atoms with Crippen molar-refractivity contribution in [2.75, 3.05) is 20.2 Å². The van der Waals surface area contributed by atoms with Crippen LogP contribution in [0.1, 0.15) is 16.9 Å². The zero-order valence-corrected chi connectivity index (χ0v) is 14.1. The number of β-amino-alcohol motifs (C(OH)–C–C–N with tert-alkyl or cyclic N) is 1. The molecule has 2 aromatic rings. The molecule has 2 heterocycles. The van der Waals surface area contributed by atoms with Crippen LogP contribution in [0.4, 0.5) is 4.39 Å². The van der Waals surface area contributed by atoms with Crippen LogP contribution in [0.3, 0.4) is 0 Å². The molecule has 8 heteroatoms. The van der Waals surface area contributed by atoms with Gasteiger partial charge in [0.25, 0.3) is 5.91 Å². The molecular weight excluding hydrogens is 343 g/mol. The fourth-order valence-corrected chi connectivity index (χ4v) is 2.88. The minimum Gasteiger partial charge on any atom is -0.493 e. The number of carbonyl (C=O) groups excluding carboxylic acids is 1. The van der Waals surface area contributed by atoms with E-state index in [9.17, 15) is 19.1 Å². The SMILES string of the molecule is COc1cc(F)ccc1O[C@@H]1CCN(C(=O)c2cccc(=O)[nH]2)C[C@H]1O. The molecule has 0 spiro atoms. The summed E-state index contributed by atoms with van der Waals surface area (Å²) in [5.74, 6) is -0.255. The van der Waals surface area contributed by atoms with Crippen molar-refractivity contribution in [3.05, 3.63) is 58.3 Å². The molecule has 0 saturated carbocycles. The van der Waals surface area contributed by atoms with Crippen molar-refractivity contribution in [3.63, 3.8) is 0 Å². The Morgan fingerprint density at radius 2 is 2.12 bits per heavy atom. The Kier molecular flexibility index (Phi) is 5.22. The van der Waals surface area contributed by atoms with E-state index in [1.807, 2.05) is 0 Å². The van der Waals surface area contributed by atoms with Crippen molar-refractivity contribution >= 4 is 5.91 Å². The lowest BCUT2D eigenvalue weighted by Crippen LogP contribution is -2.51. The maximum atomic E-state index is 13.3. The number of carbonyl (C=O) groups is 1. The van der Waals surface area contributed by atoms with Gasteiger partial charge in [0.2, 0.25) is 5.56 Å². The Labute approximate surface area is 149 Å². The first kappa shape index (κ1) is 17.9. The van der Waals surface area contributed by atoms with Crippen molar-refractivity contribution in [3.8, 4) is 11.5 Å². The minimum absolute atomic E-state index is 0.0595. The molecule has 1 aromatic heterocycles. The highest BCUT2D eigenvalue weighted by Gasteiger charge is 2.32. The average Bonchev–Trinajstić information content (AvgIpc) is 2.64. The molecular formula is C18H19FN2O5. The molecule has 2 N–H and O–H groups in total. The van der Waals surface area contributed by atoms with E-state index in [-0.39, 0.29) is 29.5 Å². The molecule has 1 saturated heterocycles. The molecule has 1 aliphatic rings. The fourth-order valence-electron chi connectivity index (χ4n) is 2.88. The number of hydrogen-bond donors (Lipinski definition) is 2. The lowest BCUT2D eigenvalue weighted by molar-refractivity contribution is -0.0208. The van der Waals surface area contributed by atoms with Crippen molar-refractivity contribution in [2.24, 2.45) is 0 Å². The number of aromatic amines is 1. The molecule has 138 valence electrons. The van der Waals surface area contributed by atoms with Crippen LogP contribution >= 0.6 is 0 Å². The molecule has 0 unspecified atom stereocenters. The van der Waals surface area contributed by atoms with E-state index in [1.165, 1.54) is 48.4 Å². The van der Waals surface area contributed by atoms with Crippen LogP contribution < -0.4 is 15.0 Å². The number of aliphatic hydroxyl groups is 1. The van der Waals surface area contributed by atoms with Crippen molar-refractivity contribution in [2.45, 2.75) is 18.6 Å². The molecule has 0 aliphatic carbocycles. The van der Waals surface area contributed by atoms with Gasteiger partial charge in [-0.15, -0.1) is 0 Å². The van der Waals surface area contributed by atoms with E-state index < -0.39 is 18.0 Å². The molecule has 1 aromatic carbocycles. The number of nitrogens with one attached hydrogen (secondary N) is 1. The van der Waals surface area contributed by atoms with Gasteiger partial charge in [-0.05, 0) is 18.2 Å². The number of ether oxygens (including phenoxy) is 2. The van der Waals surface area contributed by atoms with Gasteiger partial charge < -0.3 is 24.5 Å². The quantitative estimate of drug-likeness (QED) is 0.852. The average molecular weight is 362 g/mol. The number of rotatable bonds is 4. The second kappa shape index (κ2) is 7.57. The molecule has 0 radical (unpaired) electrons. The lowest BCUT2D eigenvalue weighted by Gasteiger charge is -2.36. The monoisotopic (exact) mass is 362 g/mol. The second-order valence-electron chi connectivity index (χ2n) is 5.99. The Morgan fingerprint density at radius 1 is 1.31 bits per heavy atom. The standard InChI is InChI=1S/C18H19FN2O5/c1-25-16-9-11(19)5-6-15(16)26-14-7-8-21(10-13(14)22)18(24)12-3-2-4-17(23)20-12/h2-6,9,13-14,22H,7-8,10H2,1H3,(H,20,23)/t13-,14-/m1/s1. The molecule has 2 atom stereocenters. The number of methoxy groups -OCH3 is 1. The van der Waals surface area contributed by atoms with E-state index in [2.05, 4.69) is 4.98 Å². The molecule has 0 bridgehead atoms. The first-order valence-corrected chi connectivity index (χ1v) is 8.15. The van der Waals surface area contributed by atoms with Gasteiger partial charge in [0.05, 0.1) is 13.7 Å². The van der Waals surface area contributed by atoms with Gasteiger partial charge in [-0.3, -0.25) is 9.59 Å². The van der Waals surface area contributed by atoms with E-state index >= 15 is 0 Å². The molecule has 1 aliphatic heterocycles. The summed E-state index contributed by atoms with van der Waals surface area (Å²) in [5.41, 5.74) is -0.192. The molecule has 1 amide bonds. The fraction of sp³-hybridized carbons (Fsp3) is 0.333. The molecule has 3 rings (SSSR count). The third-order valence-electron chi connectivity index (χ3n) is 4.21. The Hall–Kier alpha value is -2.87. The third kappa shape index (κ3) is 3.85. The summed E-state index contributed by atoms with van der Waals surface area (Å²) >= 11 is 0. The summed E-state index contributed by atoms with van der Waals surface area (Å²) in [4.78, 5) is 27.7. The number of piperidine rings is 1. The molecule has 1 fully saturated rings. The Morgan fingerprint density at radius 3 is 2.81 bits per heavy atom. The van der Waals surface area contributed by atoms with Crippen LogP contribution in [-0.4, -0.2) is 53.3 Å². The largest absolute Gasteiger partial charge is 0.493 e. The first-order chi connectivity index (χ1) is 12.5. The predicted molar refractivity (Wildman–Crippen MR) is 91.0 cm³/mol. The van der Waals surface area contributed by atoms with Crippen LogP contribution in [0, 0.1) is 5.82 Å². The van der Waals surface area contributed by atoms with Gasteiger partial charge in [-0.2, -0.15) is 0 Å². The molecule has 7 nitrogen and oxygen atoms in total. The highest BCUT2D eigenvalue weighted by Crippen LogP contribution is 2.30. The first-order valence-electron chi connectivity index (χ1n) is 8.15. The predicted octanol–water partition coefficient (Wildman–Crippen LogP) is 1.18. The van der Waals surface area contributed by atoms with Crippen molar-refractivity contribution < 1.29 is 23.8 Å². The van der Waals surface area contributed by atoms with Gasteiger partial charge in [0.1, 0.15) is 23.7 Å². The van der Waals surface area contributed by atoms with Gasteiger partial charge in [0, 0.05) is 25.1 Å². The van der Waals surface area contributed by atoms with Crippen LogP contribution in [0.25, 0.3) is 0 Å². The summed E-state index contributed by atoms with van der Waals surface area (Å²) in [6, 6.07) is 8.22. The normalized spacial score (nSPS) is 19.9. The van der Waals surface area contributed by atoms with Crippen molar-refractivity contribution in [1.29, 1.82) is 0 Å². The summed E-state index contributed by atoms with van der Waals surface area (Å²) in [6.07, 6.45) is -1.11. The lowest BCUT2D eigenvalue weighted by atomic mass is 10.0. The highest BCUT2D eigenvalue weighted by molar-refractivity contribution is 5.92. The number of nitrogens with zero attached hydrogens (tertiary/aromatic N) is 1. The number of aliphatic hydroxyl groups excluding tert-OH is 1. The zero-order chi connectivity index (χ0) is 18.7. The number of benzene rings is 1. The third-order valence-corrected chi connectivity index (χ3v) is 4.21. The van der Waals surface area contributed by atoms with Gasteiger partial charge in [-0.1, -0.05) is 6.07 Å².